The second-order valence-corrected chi connectivity index (χ2v) is 7.82. The Morgan fingerprint density at radius 3 is 2.67 bits per heavy atom. The van der Waals surface area contributed by atoms with Gasteiger partial charge in [-0.3, -0.25) is 9.48 Å². The molecule has 1 saturated carbocycles. The van der Waals surface area contributed by atoms with Gasteiger partial charge in [0.05, 0.1) is 12.2 Å². The Balaban J connectivity index is 1.73. The molecule has 1 aromatic heterocycles. The molecular formula is C22H28ClN3O. The van der Waals surface area contributed by atoms with Crippen molar-refractivity contribution in [3.05, 3.63) is 57.9 Å². The molecule has 0 bridgehead atoms. The zero-order valence-corrected chi connectivity index (χ0v) is 17.2. The number of halogens is 1. The summed E-state index contributed by atoms with van der Waals surface area (Å²) in [5.41, 5.74) is 4.00. The maximum atomic E-state index is 12.6. The zero-order chi connectivity index (χ0) is 19.4. The predicted octanol–water partition coefficient (Wildman–Crippen LogP) is 5.01. The molecule has 27 heavy (non-hydrogen) atoms. The molecular weight excluding hydrogens is 358 g/mol. The normalized spacial score (nSPS) is 15.4. The van der Waals surface area contributed by atoms with E-state index in [2.05, 4.69) is 5.10 Å². The van der Waals surface area contributed by atoms with E-state index in [-0.39, 0.29) is 5.91 Å². The van der Waals surface area contributed by atoms with E-state index in [1.807, 2.05) is 60.8 Å². The standard InChI is InChI=1S/C22H28ClN3O/c1-16-20(13-14-22(27)25(3)19-10-5-4-6-11-19)17(2)26(24-16)15-18-9-7-8-12-21(18)23/h7-9,12-14,19H,4-6,10-11,15H2,1-3H3/b14-13+. The van der Waals surface area contributed by atoms with Gasteiger partial charge in [0.1, 0.15) is 0 Å². The number of hydrogen-bond donors (Lipinski definition) is 0. The van der Waals surface area contributed by atoms with Crippen LogP contribution in [0.3, 0.4) is 0 Å². The molecule has 0 unspecified atom stereocenters. The SMILES string of the molecule is Cc1nn(Cc2ccccc2Cl)c(C)c1/C=C/C(=O)N(C)C1CCCCC1. The Labute approximate surface area is 166 Å². The lowest BCUT2D eigenvalue weighted by molar-refractivity contribution is -0.127. The molecule has 1 fully saturated rings. The van der Waals surface area contributed by atoms with Crippen molar-refractivity contribution in [2.24, 2.45) is 0 Å². The van der Waals surface area contributed by atoms with Crippen LogP contribution in [0.2, 0.25) is 5.02 Å². The summed E-state index contributed by atoms with van der Waals surface area (Å²) in [6.45, 7) is 4.63. The van der Waals surface area contributed by atoms with E-state index >= 15 is 0 Å². The highest BCUT2D eigenvalue weighted by Crippen LogP contribution is 2.23. The molecule has 1 amide bonds. The summed E-state index contributed by atoms with van der Waals surface area (Å²) in [7, 11) is 1.92. The number of carbonyl (C=O) groups is 1. The van der Waals surface area contributed by atoms with E-state index in [1.54, 1.807) is 6.08 Å². The van der Waals surface area contributed by atoms with E-state index in [0.717, 1.165) is 40.4 Å². The summed E-state index contributed by atoms with van der Waals surface area (Å²) < 4.78 is 1.95. The molecule has 1 heterocycles. The van der Waals surface area contributed by atoms with E-state index in [1.165, 1.54) is 19.3 Å². The molecule has 0 spiro atoms. The van der Waals surface area contributed by atoms with Crippen LogP contribution in [0.1, 0.15) is 54.6 Å². The van der Waals surface area contributed by atoms with Crippen molar-refractivity contribution in [1.82, 2.24) is 14.7 Å². The van der Waals surface area contributed by atoms with Crippen molar-refractivity contribution >= 4 is 23.6 Å². The van der Waals surface area contributed by atoms with Crippen molar-refractivity contribution in [1.29, 1.82) is 0 Å². The Morgan fingerprint density at radius 2 is 1.96 bits per heavy atom. The first-order valence-corrected chi connectivity index (χ1v) is 10.1. The van der Waals surface area contributed by atoms with Crippen LogP contribution in [0, 0.1) is 13.8 Å². The fraction of sp³-hybridized carbons (Fsp3) is 0.455. The van der Waals surface area contributed by atoms with Crippen LogP contribution in [-0.4, -0.2) is 33.7 Å². The molecule has 1 aliphatic carbocycles. The number of rotatable bonds is 5. The van der Waals surface area contributed by atoms with Gasteiger partial charge in [-0.1, -0.05) is 49.1 Å². The van der Waals surface area contributed by atoms with Crippen molar-refractivity contribution in [3.63, 3.8) is 0 Å². The molecule has 1 aliphatic rings. The molecule has 1 aromatic carbocycles. The van der Waals surface area contributed by atoms with Crippen LogP contribution >= 0.6 is 11.6 Å². The van der Waals surface area contributed by atoms with Gasteiger partial charge in [-0.15, -0.1) is 0 Å². The van der Waals surface area contributed by atoms with Gasteiger partial charge in [0, 0.05) is 35.4 Å². The Bertz CT molecular complexity index is 834. The number of benzene rings is 1. The third-order valence-electron chi connectivity index (χ3n) is 5.58. The van der Waals surface area contributed by atoms with Crippen LogP contribution < -0.4 is 0 Å². The fourth-order valence-electron chi connectivity index (χ4n) is 3.81. The smallest absolute Gasteiger partial charge is 0.246 e. The van der Waals surface area contributed by atoms with Crippen LogP contribution in [0.25, 0.3) is 6.08 Å². The maximum Gasteiger partial charge on any atom is 0.246 e. The average molecular weight is 386 g/mol. The van der Waals surface area contributed by atoms with Gasteiger partial charge >= 0.3 is 0 Å². The lowest BCUT2D eigenvalue weighted by Gasteiger charge is -2.30. The summed E-state index contributed by atoms with van der Waals surface area (Å²) in [5, 5.41) is 5.38. The Hall–Kier alpha value is -2.07. The predicted molar refractivity (Wildman–Crippen MR) is 111 cm³/mol. The summed E-state index contributed by atoms with van der Waals surface area (Å²) in [6, 6.07) is 8.18. The quantitative estimate of drug-likeness (QED) is 0.679. The minimum Gasteiger partial charge on any atom is -0.339 e. The first-order chi connectivity index (χ1) is 13.0. The molecule has 2 aromatic rings. The van der Waals surface area contributed by atoms with Gasteiger partial charge in [-0.2, -0.15) is 5.10 Å². The number of amides is 1. The van der Waals surface area contributed by atoms with Gasteiger partial charge in [0.25, 0.3) is 0 Å². The first kappa shape index (κ1) is 19.7. The Morgan fingerprint density at radius 1 is 1.26 bits per heavy atom. The average Bonchev–Trinajstić information content (AvgIpc) is 2.94. The minimum absolute atomic E-state index is 0.0690. The maximum absolute atomic E-state index is 12.6. The molecule has 0 saturated heterocycles. The molecule has 0 atom stereocenters. The van der Waals surface area contributed by atoms with Gasteiger partial charge in [0.2, 0.25) is 5.91 Å². The van der Waals surface area contributed by atoms with E-state index < -0.39 is 0 Å². The number of aryl methyl sites for hydroxylation is 1. The number of nitrogens with zero attached hydrogens (tertiary/aromatic N) is 3. The largest absolute Gasteiger partial charge is 0.339 e. The lowest BCUT2D eigenvalue weighted by atomic mass is 9.94. The van der Waals surface area contributed by atoms with E-state index in [4.69, 9.17) is 11.6 Å². The van der Waals surface area contributed by atoms with Crippen LogP contribution in [0.15, 0.2) is 30.3 Å². The molecule has 0 N–H and O–H groups in total. The fourth-order valence-corrected chi connectivity index (χ4v) is 4.01. The van der Waals surface area contributed by atoms with Crippen LogP contribution in [0.4, 0.5) is 0 Å². The summed E-state index contributed by atoms with van der Waals surface area (Å²) in [5.74, 6) is 0.0690. The minimum atomic E-state index is 0.0690. The monoisotopic (exact) mass is 385 g/mol. The topological polar surface area (TPSA) is 38.1 Å². The lowest BCUT2D eigenvalue weighted by Crippen LogP contribution is -2.37. The first-order valence-electron chi connectivity index (χ1n) is 9.69. The Kier molecular flexibility index (Phi) is 6.38. The third kappa shape index (κ3) is 4.62. The molecule has 5 heteroatoms. The second-order valence-electron chi connectivity index (χ2n) is 7.41. The number of hydrogen-bond acceptors (Lipinski definition) is 2. The highest BCUT2D eigenvalue weighted by molar-refractivity contribution is 6.31. The van der Waals surface area contributed by atoms with Crippen molar-refractivity contribution in [3.8, 4) is 0 Å². The van der Waals surface area contributed by atoms with E-state index in [0.29, 0.717) is 12.6 Å². The van der Waals surface area contributed by atoms with Gasteiger partial charge in [-0.05, 0) is 44.4 Å². The number of aromatic nitrogens is 2. The van der Waals surface area contributed by atoms with Gasteiger partial charge in [0.15, 0.2) is 0 Å². The number of likely N-dealkylation sites (N-methyl/N-ethyl adjacent to an activating group) is 1. The van der Waals surface area contributed by atoms with E-state index in [9.17, 15) is 4.79 Å². The van der Waals surface area contributed by atoms with Crippen LogP contribution in [-0.2, 0) is 11.3 Å². The van der Waals surface area contributed by atoms with Crippen molar-refractivity contribution in [2.45, 2.75) is 58.5 Å². The molecule has 3 rings (SSSR count). The zero-order valence-electron chi connectivity index (χ0n) is 16.4. The van der Waals surface area contributed by atoms with Crippen LogP contribution in [0.5, 0.6) is 0 Å². The summed E-state index contributed by atoms with van der Waals surface area (Å²) in [4.78, 5) is 14.5. The second kappa shape index (κ2) is 8.75. The highest BCUT2D eigenvalue weighted by atomic mass is 35.5. The van der Waals surface area contributed by atoms with Gasteiger partial charge in [-0.25, -0.2) is 0 Å². The molecule has 0 radical (unpaired) electrons. The van der Waals surface area contributed by atoms with Crippen molar-refractivity contribution < 1.29 is 4.79 Å². The highest BCUT2D eigenvalue weighted by Gasteiger charge is 2.20. The number of carbonyl (C=O) groups excluding carboxylic acids is 1. The molecule has 144 valence electrons. The van der Waals surface area contributed by atoms with Gasteiger partial charge < -0.3 is 4.90 Å². The molecule has 4 nitrogen and oxygen atoms in total. The summed E-state index contributed by atoms with van der Waals surface area (Å²) in [6.07, 6.45) is 9.55. The third-order valence-corrected chi connectivity index (χ3v) is 5.95. The summed E-state index contributed by atoms with van der Waals surface area (Å²) >= 11 is 6.28. The molecule has 0 aliphatic heterocycles. The van der Waals surface area contributed by atoms with Crippen molar-refractivity contribution in [2.75, 3.05) is 7.05 Å².